The summed E-state index contributed by atoms with van der Waals surface area (Å²) in [5.74, 6) is 0.467. The Morgan fingerprint density at radius 1 is 1.04 bits per heavy atom. The van der Waals surface area contributed by atoms with Crippen molar-refractivity contribution in [3.8, 4) is 11.1 Å². The molecular weight excluding hydrogens is 362 g/mol. The van der Waals surface area contributed by atoms with Gasteiger partial charge in [-0.3, -0.25) is 4.98 Å². The molecule has 0 saturated carbocycles. The zero-order chi connectivity index (χ0) is 19.0. The number of fused-ring (bicyclic) bond motifs is 1. The van der Waals surface area contributed by atoms with Gasteiger partial charge in [0.15, 0.2) is 21.3 Å². The minimum absolute atomic E-state index is 0.275. The molecule has 0 aliphatic heterocycles. The van der Waals surface area contributed by atoms with Crippen LogP contribution in [0.4, 0.5) is 0 Å². The first kappa shape index (κ1) is 17.3. The number of pyridine rings is 2. The van der Waals surface area contributed by atoms with Crippen LogP contribution < -0.4 is 5.73 Å². The van der Waals surface area contributed by atoms with E-state index in [0.29, 0.717) is 17.2 Å². The van der Waals surface area contributed by atoms with Gasteiger partial charge in [-0.25, -0.2) is 17.9 Å². The molecule has 0 bridgehead atoms. The van der Waals surface area contributed by atoms with Crippen LogP contribution in [-0.4, -0.2) is 34.3 Å². The highest BCUT2D eigenvalue weighted by Gasteiger charge is 2.18. The van der Waals surface area contributed by atoms with Crippen LogP contribution in [0.5, 0.6) is 0 Å². The minimum atomic E-state index is -3.24. The average Bonchev–Trinajstić information content (AvgIpc) is 3.12. The summed E-state index contributed by atoms with van der Waals surface area (Å²) in [7, 11) is -3.24. The lowest BCUT2D eigenvalue weighted by molar-refractivity contribution is 0.602. The van der Waals surface area contributed by atoms with E-state index in [2.05, 4.69) is 15.1 Å². The molecule has 0 spiro atoms. The van der Waals surface area contributed by atoms with Gasteiger partial charge >= 0.3 is 0 Å². The highest BCUT2D eigenvalue weighted by molar-refractivity contribution is 7.90. The van der Waals surface area contributed by atoms with Gasteiger partial charge in [0.25, 0.3) is 0 Å². The Kier molecular flexibility index (Phi) is 4.21. The maximum absolute atomic E-state index is 11.7. The van der Waals surface area contributed by atoms with Crippen molar-refractivity contribution in [2.24, 2.45) is 5.73 Å². The smallest absolute Gasteiger partial charge is 0.175 e. The van der Waals surface area contributed by atoms with Crippen LogP contribution in [0.2, 0.25) is 0 Å². The van der Waals surface area contributed by atoms with Crippen LogP contribution in [0.25, 0.3) is 16.8 Å². The van der Waals surface area contributed by atoms with Gasteiger partial charge in [-0.2, -0.15) is 0 Å². The van der Waals surface area contributed by atoms with E-state index < -0.39 is 15.9 Å². The second kappa shape index (κ2) is 6.57. The summed E-state index contributed by atoms with van der Waals surface area (Å²) in [5, 5.41) is 4.48. The molecule has 2 N–H and O–H groups in total. The largest absolute Gasteiger partial charge is 0.316 e. The highest BCUT2D eigenvalue weighted by atomic mass is 32.2. The molecule has 0 aliphatic rings. The summed E-state index contributed by atoms with van der Waals surface area (Å²) < 4.78 is 25.0. The zero-order valence-electron chi connectivity index (χ0n) is 14.5. The number of nitrogens with two attached hydrogens (primary N) is 1. The quantitative estimate of drug-likeness (QED) is 0.583. The van der Waals surface area contributed by atoms with Crippen molar-refractivity contribution in [2.45, 2.75) is 10.9 Å². The van der Waals surface area contributed by atoms with E-state index in [9.17, 15) is 8.42 Å². The van der Waals surface area contributed by atoms with Gasteiger partial charge in [0, 0.05) is 24.2 Å². The SMILES string of the molecule is CS(=O)(=O)c1ccc(-c2cccn3nc(C(N)c4ccccn4)nc23)cc1. The molecule has 0 aliphatic carbocycles. The lowest BCUT2D eigenvalue weighted by Gasteiger charge is -2.05. The van der Waals surface area contributed by atoms with Crippen molar-refractivity contribution in [1.82, 2.24) is 19.6 Å². The van der Waals surface area contributed by atoms with Crippen LogP contribution in [0, 0.1) is 0 Å². The first-order valence-electron chi connectivity index (χ1n) is 8.26. The molecule has 136 valence electrons. The van der Waals surface area contributed by atoms with Crippen LogP contribution >= 0.6 is 0 Å². The van der Waals surface area contributed by atoms with Crippen molar-refractivity contribution in [3.05, 3.63) is 78.5 Å². The van der Waals surface area contributed by atoms with Crippen LogP contribution in [-0.2, 0) is 9.84 Å². The van der Waals surface area contributed by atoms with Crippen molar-refractivity contribution in [1.29, 1.82) is 0 Å². The second-order valence-corrected chi connectivity index (χ2v) is 8.20. The van der Waals surface area contributed by atoms with Gasteiger partial charge < -0.3 is 5.73 Å². The first-order valence-corrected chi connectivity index (χ1v) is 10.1. The fourth-order valence-corrected chi connectivity index (χ4v) is 3.48. The maximum atomic E-state index is 11.7. The lowest BCUT2D eigenvalue weighted by atomic mass is 10.1. The number of aromatic nitrogens is 4. The van der Waals surface area contributed by atoms with Gasteiger partial charge in [0.05, 0.1) is 10.6 Å². The molecule has 0 amide bonds. The molecule has 1 unspecified atom stereocenters. The van der Waals surface area contributed by atoms with Crippen molar-refractivity contribution in [2.75, 3.05) is 6.26 Å². The molecule has 3 aromatic heterocycles. The standard InChI is InChI=1S/C19H17N5O2S/c1-27(25,26)14-9-7-13(8-10-14)15-5-4-12-24-19(15)22-18(23-24)17(20)16-6-2-3-11-21-16/h2-12,17H,20H2,1H3. The number of hydrogen-bond donors (Lipinski definition) is 1. The second-order valence-electron chi connectivity index (χ2n) is 6.19. The molecule has 7 nitrogen and oxygen atoms in total. The topological polar surface area (TPSA) is 103 Å². The Balaban J connectivity index is 1.78. The van der Waals surface area contributed by atoms with Gasteiger partial charge in [0.1, 0.15) is 6.04 Å². The van der Waals surface area contributed by atoms with Gasteiger partial charge in [-0.1, -0.05) is 18.2 Å². The number of hydrogen-bond acceptors (Lipinski definition) is 6. The van der Waals surface area contributed by atoms with E-state index in [-0.39, 0.29) is 4.90 Å². The maximum Gasteiger partial charge on any atom is 0.175 e. The van der Waals surface area contributed by atoms with Crippen molar-refractivity contribution < 1.29 is 8.42 Å². The molecule has 1 aromatic carbocycles. The van der Waals surface area contributed by atoms with Crippen molar-refractivity contribution >= 4 is 15.5 Å². The predicted molar refractivity (Wildman–Crippen MR) is 102 cm³/mol. The highest BCUT2D eigenvalue weighted by Crippen LogP contribution is 2.26. The summed E-state index contributed by atoms with van der Waals surface area (Å²) in [4.78, 5) is 9.15. The molecule has 1 atom stereocenters. The molecular formula is C19H17N5O2S. The zero-order valence-corrected chi connectivity index (χ0v) is 15.3. The Morgan fingerprint density at radius 3 is 2.48 bits per heavy atom. The van der Waals surface area contributed by atoms with E-state index in [1.165, 1.54) is 6.26 Å². The van der Waals surface area contributed by atoms with Crippen LogP contribution in [0.3, 0.4) is 0 Å². The Hall–Kier alpha value is -3.10. The molecule has 27 heavy (non-hydrogen) atoms. The summed E-state index contributed by atoms with van der Waals surface area (Å²) in [6.07, 6.45) is 4.66. The third-order valence-corrected chi connectivity index (χ3v) is 5.39. The minimum Gasteiger partial charge on any atom is -0.316 e. The molecule has 0 saturated heterocycles. The lowest BCUT2D eigenvalue weighted by Crippen LogP contribution is -2.15. The van der Waals surface area contributed by atoms with E-state index in [4.69, 9.17) is 5.73 Å². The number of sulfone groups is 1. The Labute approximate surface area is 156 Å². The predicted octanol–water partition coefficient (Wildman–Crippen LogP) is 2.24. The molecule has 4 aromatic rings. The summed E-state index contributed by atoms with van der Waals surface area (Å²) >= 11 is 0. The number of benzene rings is 1. The molecule has 8 heteroatoms. The molecule has 4 rings (SSSR count). The van der Waals surface area contributed by atoms with E-state index in [0.717, 1.165) is 11.1 Å². The third-order valence-electron chi connectivity index (χ3n) is 4.26. The van der Waals surface area contributed by atoms with Crippen LogP contribution in [0.1, 0.15) is 17.6 Å². The van der Waals surface area contributed by atoms with Crippen LogP contribution in [0.15, 0.2) is 71.9 Å². The Bertz CT molecular complexity index is 1200. The fraction of sp³-hybridized carbons (Fsp3) is 0.105. The fourth-order valence-electron chi connectivity index (χ4n) is 2.85. The summed E-state index contributed by atoms with van der Waals surface area (Å²) in [6, 6.07) is 15.5. The van der Waals surface area contributed by atoms with E-state index in [1.807, 2.05) is 30.3 Å². The molecule has 0 fully saturated rings. The Morgan fingerprint density at radius 2 is 1.81 bits per heavy atom. The molecule has 3 heterocycles. The van der Waals surface area contributed by atoms with Crippen molar-refractivity contribution in [3.63, 3.8) is 0 Å². The number of nitrogens with zero attached hydrogens (tertiary/aromatic N) is 4. The van der Waals surface area contributed by atoms with E-state index in [1.54, 1.807) is 41.2 Å². The monoisotopic (exact) mass is 379 g/mol. The first-order chi connectivity index (χ1) is 12.9. The summed E-state index contributed by atoms with van der Waals surface area (Å²) in [5.41, 5.74) is 9.28. The van der Waals surface area contributed by atoms with Gasteiger partial charge in [-0.15, -0.1) is 5.10 Å². The van der Waals surface area contributed by atoms with Gasteiger partial charge in [0.2, 0.25) is 0 Å². The summed E-state index contributed by atoms with van der Waals surface area (Å²) in [6.45, 7) is 0. The third kappa shape index (κ3) is 3.32. The molecule has 0 radical (unpaired) electrons. The normalized spacial score (nSPS) is 13.0. The van der Waals surface area contributed by atoms with Gasteiger partial charge in [-0.05, 0) is 42.0 Å². The average molecular weight is 379 g/mol. The number of rotatable bonds is 4. The van der Waals surface area contributed by atoms with E-state index >= 15 is 0 Å².